The molecule has 0 aliphatic carbocycles. The van der Waals surface area contributed by atoms with Gasteiger partial charge >= 0.3 is 0 Å². The normalized spacial score (nSPS) is 22.6. The maximum atomic E-state index is 11.2. The molecule has 1 atom stereocenters. The van der Waals surface area contributed by atoms with Crippen molar-refractivity contribution in [3.63, 3.8) is 0 Å². The van der Waals surface area contributed by atoms with Gasteiger partial charge in [0.2, 0.25) is 5.91 Å². The summed E-state index contributed by atoms with van der Waals surface area (Å²) < 4.78 is 0. The minimum absolute atomic E-state index is 0.211. The van der Waals surface area contributed by atoms with E-state index < -0.39 is 0 Å². The number of nitrogens with zero attached hydrogens (tertiary/aromatic N) is 1. The van der Waals surface area contributed by atoms with Gasteiger partial charge in [0.25, 0.3) is 0 Å². The number of carbonyl (C=O) groups excluding carboxylic acids is 1. The van der Waals surface area contributed by atoms with Crippen LogP contribution in [-0.2, 0) is 4.79 Å². The molecule has 0 saturated carbocycles. The van der Waals surface area contributed by atoms with Crippen molar-refractivity contribution >= 4 is 5.91 Å². The van der Waals surface area contributed by atoms with E-state index in [1.165, 1.54) is 13.0 Å². The maximum Gasteiger partial charge on any atom is 0.219 e. The van der Waals surface area contributed by atoms with Gasteiger partial charge in [0.05, 0.1) is 0 Å². The van der Waals surface area contributed by atoms with Crippen molar-refractivity contribution in [2.45, 2.75) is 33.1 Å². The molecule has 3 heteroatoms. The molecular formula is C11H22N2O. The molecule has 1 heterocycles. The van der Waals surface area contributed by atoms with Crippen LogP contribution in [0.25, 0.3) is 0 Å². The Morgan fingerprint density at radius 1 is 1.50 bits per heavy atom. The van der Waals surface area contributed by atoms with Crippen LogP contribution in [0.2, 0.25) is 0 Å². The molecule has 0 bridgehead atoms. The molecule has 1 N–H and O–H groups in total. The first-order valence-electron chi connectivity index (χ1n) is 5.75. The summed E-state index contributed by atoms with van der Waals surface area (Å²) >= 11 is 0. The lowest BCUT2D eigenvalue weighted by Gasteiger charge is -2.13. The van der Waals surface area contributed by atoms with Crippen molar-refractivity contribution in [3.8, 4) is 0 Å². The van der Waals surface area contributed by atoms with Gasteiger partial charge in [0.1, 0.15) is 0 Å². The van der Waals surface area contributed by atoms with Gasteiger partial charge in [-0.3, -0.25) is 4.79 Å². The fourth-order valence-corrected chi connectivity index (χ4v) is 1.94. The van der Waals surface area contributed by atoms with Gasteiger partial charge in [-0.05, 0) is 31.8 Å². The molecule has 1 fully saturated rings. The van der Waals surface area contributed by atoms with Crippen LogP contribution in [0.1, 0.15) is 33.1 Å². The van der Waals surface area contributed by atoms with Crippen molar-refractivity contribution in [3.05, 3.63) is 0 Å². The number of carbonyl (C=O) groups is 1. The summed E-state index contributed by atoms with van der Waals surface area (Å²) in [7, 11) is 0. The molecule has 1 saturated heterocycles. The predicted octanol–water partition coefficient (Wildman–Crippen LogP) is 1.24. The molecule has 0 aromatic heterocycles. The first-order valence-corrected chi connectivity index (χ1v) is 5.75. The minimum Gasteiger partial charge on any atom is -0.356 e. The number of hydrogen-bond acceptors (Lipinski definition) is 2. The second-order valence-corrected chi connectivity index (χ2v) is 4.10. The first-order chi connectivity index (χ1) is 6.76. The van der Waals surface area contributed by atoms with E-state index in [1.54, 1.807) is 0 Å². The average Bonchev–Trinajstić information content (AvgIpc) is 2.63. The zero-order chi connectivity index (χ0) is 10.4. The van der Waals surface area contributed by atoms with E-state index in [4.69, 9.17) is 0 Å². The summed E-state index contributed by atoms with van der Waals surface area (Å²) in [5.74, 6) is 0.887. The number of likely N-dealkylation sites (tertiary alicyclic amines) is 1. The summed E-state index contributed by atoms with van der Waals surface area (Å²) in [6, 6.07) is 0. The lowest BCUT2D eigenvalue weighted by molar-refractivity contribution is -0.121. The molecule has 3 nitrogen and oxygen atoms in total. The molecular weight excluding hydrogens is 176 g/mol. The fraction of sp³-hybridized carbons (Fsp3) is 0.909. The van der Waals surface area contributed by atoms with Gasteiger partial charge in [0, 0.05) is 19.5 Å². The third kappa shape index (κ3) is 3.66. The highest BCUT2D eigenvalue weighted by Crippen LogP contribution is 2.14. The summed E-state index contributed by atoms with van der Waals surface area (Å²) in [6.45, 7) is 8.59. The van der Waals surface area contributed by atoms with Crippen LogP contribution in [-0.4, -0.2) is 37.0 Å². The van der Waals surface area contributed by atoms with Crippen molar-refractivity contribution in [1.82, 2.24) is 10.2 Å². The summed E-state index contributed by atoms with van der Waals surface area (Å²) in [4.78, 5) is 13.7. The van der Waals surface area contributed by atoms with E-state index in [0.29, 0.717) is 12.3 Å². The van der Waals surface area contributed by atoms with E-state index in [2.05, 4.69) is 17.1 Å². The highest BCUT2D eigenvalue weighted by molar-refractivity contribution is 5.75. The van der Waals surface area contributed by atoms with Crippen LogP contribution in [0.15, 0.2) is 0 Å². The Morgan fingerprint density at radius 3 is 2.86 bits per heavy atom. The molecule has 0 spiro atoms. The van der Waals surface area contributed by atoms with Crippen molar-refractivity contribution in [1.29, 1.82) is 0 Å². The van der Waals surface area contributed by atoms with Crippen molar-refractivity contribution in [2.24, 2.45) is 5.92 Å². The second kappa shape index (κ2) is 6.02. The minimum atomic E-state index is 0.211. The Balaban J connectivity index is 2.11. The lowest BCUT2D eigenvalue weighted by atomic mass is 10.1. The standard InChI is InChI=1S/C11H22N2O/c1-3-5-11(14)12-8-10-6-7-13(4-2)9-10/h10H,3-9H2,1-2H3,(H,12,14). The van der Waals surface area contributed by atoms with Crippen molar-refractivity contribution < 1.29 is 4.79 Å². The SMILES string of the molecule is CCCC(=O)NCC1CCN(CC)C1. The van der Waals surface area contributed by atoms with Crippen LogP contribution in [0.5, 0.6) is 0 Å². The largest absolute Gasteiger partial charge is 0.356 e. The van der Waals surface area contributed by atoms with Gasteiger partial charge in [-0.2, -0.15) is 0 Å². The summed E-state index contributed by atoms with van der Waals surface area (Å²) in [5, 5.41) is 3.00. The second-order valence-electron chi connectivity index (χ2n) is 4.10. The number of amides is 1. The number of hydrogen-bond donors (Lipinski definition) is 1. The van der Waals surface area contributed by atoms with E-state index in [0.717, 1.165) is 26.1 Å². The molecule has 14 heavy (non-hydrogen) atoms. The van der Waals surface area contributed by atoms with Crippen LogP contribution < -0.4 is 5.32 Å². The third-order valence-corrected chi connectivity index (χ3v) is 2.88. The van der Waals surface area contributed by atoms with Crippen LogP contribution in [0, 0.1) is 5.92 Å². The van der Waals surface area contributed by atoms with E-state index in [-0.39, 0.29) is 5.91 Å². The quantitative estimate of drug-likeness (QED) is 0.721. The Kier molecular flexibility index (Phi) is 4.94. The van der Waals surface area contributed by atoms with Gasteiger partial charge in [-0.25, -0.2) is 0 Å². The summed E-state index contributed by atoms with van der Waals surface area (Å²) in [5.41, 5.74) is 0. The van der Waals surface area contributed by atoms with Crippen LogP contribution in [0.3, 0.4) is 0 Å². The molecule has 82 valence electrons. The zero-order valence-corrected chi connectivity index (χ0v) is 9.38. The molecule has 1 aliphatic rings. The third-order valence-electron chi connectivity index (χ3n) is 2.88. The Labute approximate surface area is 86.9 Å². The summed E-state index contributed by atoms with van der Waals surface area (Å²) in [6.07, 6.45) is 2.85. The molecule has 1 aliphatic heterocycles. The highest BCUT2D eigenvalue weighted by atomic mass is 16.1. The monoisotopic (exact) mass is 198 g/mol. The molecule has 1 unspecified atom stereocenters. The molecule has 1 rings (SSSR count). The smallest absolute Gasteiger partial charge is 0.219 e. The first kappa shape index (κ1) is 11.5. The fourth-order valence-electron chi connectivity index (χ4n) is 1.94. The van der Waals surface area contributed by atoms with E-state index in [9.17, 15) is 4.79 Å². The van der Waals surface area contributed by atoms with Crippen LogP contribution >= 0.6 is 0 Å². The topological polar surface area (TPSA) is 32.3 Å². The van der Waals surface area contributed by atoms with Gasteiger partial charge in [0.15, 0.2) is 0 Å². The number of rotatable bonds is 5. The van der Waals surface area contributed by atoms with E-state index >= 15 is 0 Å². The molecule has 0 aromatic carbocycles. The highest BCUT2D eigenvalue weighted by Gasteiger charge is 2.20. The Morgan fingerprint density at radius 2 is 2.29 bits per heavy atom. The maximum absolute atomic E-state index is 11.2. The average molecular weight is 198 g/mol. The van der Waals surface area contributed by atoms with E-state index in [1.807, 2.05) is 6.92 Å². The predicted molar refractivity (Wildman–Crippen MR) is 58.1 cm³/mol. The van der Waals surface area contributed by atoms with Gasteiger partial charge in [-0.1, -0.05) is 13.8 Å². The van der Waals surface area contributed by atoms with Crippen LogP contribution in [0.4, 0.5) is 0 Å². The van der Waals surface area contributed by atoms with Gasteiger partial charge < -0.3 is 10.2 Å². The zero-order valence-electron chi connectivity index (χ0n) is 9.38. The Bertz CT molecular complexity index is 182. The number of nitrogens with one attached hydrogen (secondary N) is 1. The van der Waals surface area contributed by atoms with Gasteiger partial charge in [-0.15, -0.1) is 0 Å². The lowest BCUT2D eigenvalue weighted by Crippen LogP contribution is -2.30. The Hall–Kier alpha value is -0.570. The molecule has 1 amide bonds. The van der Waals surface area contributed by atoms with Crippen molar-refractivity contribution in [2.75, 3.05) is 26.2 Å². The molecule has 0 aromatic rings. The molecule has 0 radical (unpaired) electrons.